The minimum atomic E-state index is -0.405. The highest BCUT2D eigenvalue weighted by atomic mass is 16.5. The molecule has 1 nitrogen and oxygen atoms in total. The van der Waals surface area contributed by atoms with E-state index in [0.29, 0.717) is 5.92 Å². The van der Waals surface area contributed by atoms with E-state index in [2.05, 4.69) is 107 Å². The summed E-state index contributed by atoms with van der Waals surface area (Å²) >= 11 is 0. The fourth-order valence-corrected chi connectivity index (χ4v) is 3.77. The molecule has 142 valence electrons. The van der Waals surface area contributed by atoms with Gasteiger partial charge in [0.25, 0.3) is 0 Å². The Bertz CT molecular complexity index is 1110. The lowest BCUT2D eigenvalue weighted by Crippen LogP contribution is -2.25. The molecule has 0 aliphatic heterocycles. The third-order valence-corrected chi connectivity index (χ3v) is 5.83. The Morgan fingerprint density at radius 3 is 2.00 bits per heavy atom. The molecule has 28 heavy (non-hydrogen) atoms. The van der Waals surface area contributed by atoms with E-state index in [1.165, 1.54) is 32.7 Å². The average molecular weight is 369 g/mol. The van der Waals surface area contributed by atoms with Crippen LogP contribution in [0, 0.1) is 0 Å². The largest absolute Gasteiger partial charge is 0.483 e. The van der Waals surface area contributed by atoms with Crippen molar-refractivity contribution < 1.29 is 4.74 Å². The second-order valence-corrected chi connectivity index (χ2v) is 8.25. The zero-order chi connectivity index (χ0) is 19.7. The van der Waals surface area contributed by atoms with Crippen molar-refractivity contribution in [2.24, 2.45) is 0 Å². The van der Waals surface area contributed by atoms with Gasteiger partial charge in [-0.15, -0.1) is 0 Å². The molecular formula is C27H28O. The second-order valence-electron chi connectivity index (χ2n) is 8.25. The van der Waals surface area contributed by atoms with Crippen LogP contribution in [-0.4, -0.2) is 0 Å². The highest BCUT2D eigenvalue weighted by molar-refractivity contribution is 5.98. The van der Waals surface area contributed by atoms with Gasteiger partial charge in [0.2, 0.25) is 0 Å². The molecule has 0 amide bonds. The smallest absolute Gasteiger partial charge is 0.128 e. The van der Waals surface area contributed by atoms with E-state index in [1.54, 1.807) is 0 Å². The number of benzene rings is 4. The minimum Gasteiger partial charge on any atom is -0.483 e. The predicted molar refractivity (Wildman–Crippen MR) is 120 cm³/mol. The maximum absolute atomic E-state index is 6.39. The van der Waals surface area contributed by atoms with Gasteiger partial charge >= 0.3 is 0 Å². The van der Waals surface area contributed by atoms with Gasteiger partial charge in [0.15, 0.2) is 0 Å². The molecule has 0 aliphatic carbocycles. The molecular weight excluding hydrogens is 340 g/mol. The molecule has 1 unspecified atom stereocenters. The maximum atomic E-state index is 6.39. The number of hydrogen-bond donors (Lipinski definition) is 0. The summed E-state index contributed by atoms with van der Waals surface area (Å²) in [7, 11) is 0. The molecule has 4 aromatic rings. The molecule has 0 radical (unpaired) electrons. The zero-order valence-corrected chi connectivity index (χ0v) is 17.2. The number of rotatable bonds is 5. The molecule has 4 rings (SSSR count). The summed E-state index contributed by atoms with van der Waals surface area (Å²) in [5.74, 6) is 1.49. The number of fused-ring (bicyclic) bond motifs is 2. The topological polar surface area (TPSA) is 9.23 Å². The van der Waals surface area contributed by atoms with Gasteiger partial charge in [-0.2, -0.15) is 0 Å². The van der Waals surface area contributed by atoms with Crippen molar-refractivity contribution in [2.75, 3.05) is 0 Å². The van der Waals surface area contributed by atoms with E-state index >= 15 is 0 Å². The van der Waals surface area contributed by atoms with Gasteiger partial charge < -0.3 is 4.74 Å². The molecule has 0 aliphatic rings. The first kappa shape index (κ1) is 18.6. The SMILES string of the molecule is CCC(C)c1ccc(OC(C)(C)c2ccc3cc4ccccc4cc3c2)cc1. The average Bonchev–Trinajstić information content (AvgIpc) is 2.71. The first-order valence-electron chi connectivity index (χ1n) is 10.2. The fraction of sp³-hybridized carbons (Fsp3) is 0.259. The Hall–Kier alpha value is -2.80. The number of ether oxygens (including phenoxy) is 1. The van der Waals surface area contributed by atoms with Gasteiger partial charge in [-0.05, 0) is 89.2 Å². The summed E-state index contributed by atoms with van der Waals surface area (Å²) in [6.07, 6.45) is 1.15. The van der Waals surface area contributed by atoms with Crippen LogP contribution in [0.15, 0.2) is 78.9 Å². The Kier molecular flexibility index (Phi) is 4.85. The first-order chi connectivity index (χ1) is 13.5. The summed E-state index contributed by atoms with van der Waals surface area (Å²) in [6.45, 7) is 8.76. The molecule has 0 heterocycles. The molecule has 0 saturated heterocycles. The Balaban J connectivity index is 1.64. The van der Waals surface area contributed by atoms with Crippen LogP contribution >= 0.6 is 0 Å². The molecule has 1 heteroatoms. The van der Waals surface area contributed by atoms with Crippen LogP contribution in [0.4, 0.5) is 0 Å². The second kappa shape index (κ2) is 7.31. The zero-order valence-electron chi connectivity index (χ0n) is 17.2. The molecule has 0 spiro atoms. The van der Waals surface area contributed by atoms with Crippen molar-refractivity contribution in [3.63, 3.8) is 0 Å². The maximum Gasteiger partial charge on any atom is 0.128 e. The van der Waals surface area contributed by atoms with Crippen LogP contribution < -0.4 is 4.74 Å². The molecule has 0 N–H and O–H groups in total. The summed E-state index contributed by atoms with van der Waals surface area (Å²) in [5.41, 5.74) is 2.14. The monoisotopic (exact) mass is 368 g/mol. The number of hydrogen-bond acceptors (Lipinski definition) is 1. The predicted octanol–water partition coefficient (Wildman–Crippen LogP) is 7.82. The molecule has 1 atom stereocenters. The Morgan fingerprint density at radius 2 is 1.36 bits per heavy atom. The van der Waals surface area contributed by atoms with Gasteiger partial charge in [-0.1, -0.05) is 62.4 Å². The van der Waals surface area contributed by atoms with Crippen LogP contribution in [0.5, 0.6) is 5.75 Å². The van der Waals surface area contributed by atoms with Crippen molar-refractivity contribution in [3.8, 4) is 5.75 Å². The molecule has 4 aromatic carbocycles. The normalized spacial score (nSPS) is 13.0. The standard InChI is InChI=1S/C27H28O/c1-5-19(2)20-11-14-26(15-12-20)28-27(3,4)25-13-10-23-16-21-8-6-7-9-22(21)17-24(23)18-25/h6-19H,5H2,1-4H3. The lowest BCUT2D eigenvalue weighted by Gasteiger charge is -2.27. The quantitative estimate of drug-likeness (QED) is 0.326. The van der Waals surface area contributed by atoms with E-state index in [-0.39, 0.29) is 0 Å². The minimum absolute atomic E-state index is 0.405. The highest BCUT2D eigenvalue weighted by Gasteiger charge is 2.23. The first-order valence-corrected chi connectivity index (χ1v) is 10.2. The van der Waals surface area contributed by atoms with Crippen molar-refractivity contribution in [1.29, 1.82) is 0 Å². The molecule has 0 fully saturated rings. The van der Waals surface area contributed by atoms with Crippen LogP contribution in [-0.2, 0) is 5.60 Å². The van der Waals surface area contributed by atoms with Crippen LogP contribution in [0.2, 0.25) is 0 Å². The third kappa shape index (κ3) is 3.62. The summed E-state index contributed by atoms with van der Waals surface area (Å²) in [4.78, 5) is 0. The molecule has 0 bridgehead atoms. The summed E-state index contributed by atoms with van der Waals surface area (Å²) in [5, 5.41) is 5.06. The van der Waals surface area contributed by atoms with Gasteiger partial charge in [-0.25, -0.2) is 0 Å². The highest BCUT2D eigenvalue weighted by Crippen LogP contribution is 2.32. The van der Waals surface area contributed by atoms with Gasteiger partial charge in [-0.3, -0.25) is 0 Å². The lowest BCUT2D eigenvalue weighted by atomic mass is 9.93. The Morgan fingerprint density at radius 1 is 0.750 bits per heavy atom. The van der Waals surface area contributed by atoms with Crippen molar-refractivity contribution in [3.05, 3.63) is 90.0 Å². The lowest BCUT2D eigenvalue weighted by molar-refractivity contribution is 0.109. The summed E-state index contributed by atoms with van der Waals surface area (Å²) < 4.78 is 6.39. The summed E-state index contributed by atoms with van der Waals surface area (Å²) in [6, 6.07) is 28.3. The molecule has 0 saturated carbocycles. The van der Waals surface area contributed by atoms with Gasteiger partial charge in [0, 0.05) is 0 Å². The fourth-order valence-electron chi connectivity index (χ4n) is 3.77. The van der Waals surface area contributed by atoms with Crippen molar-refractivity contribution in [2.45, 2.75) is 45.6 Å². The Labute approximate surface area is 168 Å². The molecule has 0 aromatic heterocycles. The van der Waals surface area contributed by atoms with E-state index in [1.807, 2.05) is 0 Å². The van der Waals surface area contributed by atoms with E-state index < -0.39 is 5.60 Å². The van der Waals surface area contributed by atoms with E-state index in [9.17, 15) is 0 Å². The van der Waals surface area contributed by atoms with E-state index in [4.69, 9.17) is 4.74 Å². The van der Waals surface area contributed by atoms with E-state index in [0.717, 1.165) is 12.2 Å². The van der Waals surface area contributed by atoms with Gasteiger partial charge in [0.05, 0.1) is 0 Å². The third-order valence-electron chi connectivity index (χ3n) is 5.83. The van der Waals surface area contributed by atoms with Crippen LogP contribution in [0.1, 0.15) is 51.2 Å². The van der Waals surface area contributed by atoms with Crippen LogP contribution in [0.25, 0.3) is 21.5 Å². The van der Waals surface area contributed by atoms with Crippen LogP contribution in [0.3, 0.4) is 0 Å². The van der Waals surface area contributed by atoms with Gasteiger partial charge in [0.1, 0.15) is 11.4 Å². The van der Waals surface area contributed by atoms with Crippen molar-refractivity contribution in [1.82, 2.24) is 0 Å². The van der Waals surface area contributed by atoms with Crippen molar-refractivity contribution >= 4 is 21.5 Å².